The van der Waals surface area contributed by atoms with Crippen LogP contribution in [0.5, 0.6) is 0 Å². The first kappa shape index (κ1) is 13.9. The summed E-state index contributed by atoms with van der Waals surface area (Å²) < 4.78 is 0. The van der Waals surface area contributed by atoms with Crippen molar-refractivity contribution in [1.29, 1.82) is 0 Å². The molecule has 0 spiro atoms. The number of carboxylic acids is 1. The Balaban J connectivity index is 4.27. The van der Waals surface area contributed by atoms with Gasteiger partial charge in [0.2, 0.25) is 5.91 Å². The van der Waals surface area contributed by atoms with E-state index in [2.05, 4.69) is 5.32 Å². The van der Waals surface area contributed by atoms with Gasteiger partial charge in [-0.25, -0.2) is 4.79 Å². The van der Waals surface area contributed by atoms with Crippen LogP contribution < -0.4 is 5.32 Å². The minimum Gasteiger partial charge on any atom is -0.480 e. The molecule has 1 atom stereocenters. The molecule has 5 nitrogen and oxygen atoms in total. The third-order valence-corrected chi connectivity index (χ3v) is 2.39. The highest BCUT2D eigenvalue weighted by atomic mass is 16.4. The number of carboxylic acid groups (broad SMARTS) is 1. The molecule has 0 aromatic carbocycles. The van der Waals surface area contributed by atoms with E-state index < -0.39 is 12.0 Å². The Hall–Kier alpha value is -1.10. The van der Waals surface area contributed by atoms with Crippen molar-refractivity contribution in [1.82, 2.24) is 5.32 Å². The summed E-state index contributed by atoms with van der Waals surface area (Å²) in [5, 5.41) is 19.8. The molecule has 0 aliphatic heterocycles. The van der Waals surface area contributed by atoms with Crippen molar-refractivity contribution in [3.05, 3.63) is 0 Å². The molecule has 5 heteroatoms. The lowest BCUT2D eigenvalue weighted by Crippen LogP contribution is -2.44. The minimum absolute atomic E-state index is 0.0429. The molecule has 0 radical (unpaired) electrons. The Morgan fingerprint density at radius 1 is 1.27 bits per heavy atom. The van der Waals surface area contributed by atoms with Crippen molar-refractivity contribution in [2.24, 2.45) is 5.92 Å². The van der Waals surface area contributed by atoms with Crippen LogP contribution in [0.15, 0.2) is 0 Å². The molecule has 0 saturated heterocycles. The smallest absolute Gasteiger partial charge is 0.326 e. The van der Waals surface area contributed by atoms with Crippen molar-refractivity contribution >= 4 is 11.9 Å². The van der Waals surface area contributed by atoms with Gasteiger partial charge >= 0.3 is 5.97 Å². The largest absolute Gasteiger partial charge is 0.480 e. The van der Waals surface area contributed by atoms with Crippen LogP contribution in [0.2, 0.25) is 0 Å². The zero-order valence-electron chi connectivity index (χ0n) is 9.19. The number of hydrogen-bond donors (Lipinski definition) is 3. The highest BCUT2D eigenvalue weighted by Gasteiger charge is 2.22. The van der Waals surface area contributed by atoms with E-state index in [1.54, 1.807) is 0 Å². The van der Waals surface area contributed by atoms with E-state index in [9.17, 15) is 9.59 Å². The van der Waals surface area contributed by atoms with Gasteiger partial charge in [-0.3, -0.25) is 4.79 Å². The number of aliphatic carboxylic acids is 1. The Labute approximate surface area is 89.5 Å². The molecule has 0 aromatic heterocycles. The molecule has 0 aliphatic carbocycles. The average molecular weight is 217 g/mol. The van der Waals surface area contributed by atoms with Crippen molar-refractivity contribution in [3.63, 3.8) is 0 Å². The van der Waals surface area contributed by atoms with Gasteiger partial charge in [-0.05, 0) is 12.8 Å². The summed E-state index contributed by atoms with van der Waals surface area (Å²) in [6.45, 7) is 3.52. The predicted octanol–water partition coefficient (Wildman–Crippen LogP) is 0.374. The second kappa shape index (κ2) is 7.23. The highest BCUT2D eigenvalue weighted by molar-refractivity contribution is 5.84. The number of nitrogens with one attached hydrogen (secondary N) is 1. The molecule has 0 fully saturated rings. The van der Waals surface area contributed by atoms with E-state index in [1.807, 2.05) is 13.8 Å². The molecule has 3 N–H and O–H groups in total. The van der Waals surface area contributed by atoms with Crippen LogP contribution in [-0.4, -0.2) is 34.7 Å². The molecule has 0 bridgehead atoms. The van der Waals surface area contributed by atoms with Crippen LogP contribution in [0, 0.1) is 5.92 Å². The van der Waals surface area contributed by atoms with Crippen molar-refractivity contribution in [2.45, 2.75) is 39.2 Å². The Morgan fingerprint density at radius 3 is 2.13 bits per heavy atom. The zero-order chi connectivity index (χ0) is 11.8. The van der Waals surface area contributed by atoms with Crippen LogP contribution in [0.1, 0.15) is 33.1 Å². The predicted molar refractivity (Wildman–Crippen MR) is 55.3 cm³/mol. The van der Waals surface area contributed by atoms with Gasteiger partial charge in [0.1, 0.15) is 6.04 Å². The molecule has 0 unspecified atom stereocenters. The third kappa shape index (κ3) is 4.78. The van der Waals surface area contributed by atoms with Crippen LogP contribution in [0.3, 0.4) is 0 Å². The second-order valence-corrected chi connectivity index (χ2v) is 3.43. The quantitative estimate of drug-likeness (QED) is 0.575. The lowest BCUT2D eigenvalue weighted by molar-refractivity contribution is -0.143. The van der Waals surface area contributed by atoms with E-state index in [1.165, 1.54) is 0 Å². The Morgan fingerprint density at radius 2 is 1.80 bits per heavy atom. The molecule has 0 aromatic rings. The maximum Gasteiger partial charge on any atom is 0.326 e. The fourth-order valence-corrected chi connectivity index (χ4v) is 1.34. The zero-order valence-corrected chi connectivity index (χ0v) is 9.19. The number of aliphatic hydroxyl groups excluding tert-OH is 1. The van der Waals surface area contributed by atoms with Crippen LogP contribution in [0.4, 0.5) is 0 Å². The molecule has 0 aliphatic rings. The molecule has 0 saturated carbocycles. The number of hydrogen-bond acceptors (Lipinski definition) is 3. The SMILES string of the molecule is CCC(CC)C(=O)N[C@H](CCO)C(=O)O. The minimum atomic E-state index is -1.11. The fraction of sp³-hybridized carbons (Fsp3) is 0.800. The number of carbonyl (C=O) groups is 2. The van der Waals surface area contributed by atoms with Gasteiger partial charge in [-0.15, -0.1) is 0 Å². The van der Waals surface area contributed by atoms with Crippen LogP contribution in [0.25, 0.3) is 0 Å². The highest BCUT2D eigenvalue weighted by Crippen LogP contribution is 2.08. The fourth-order valence-electron chi connectivity index (χ4n) is 1.34. The van der Waals surface area contributed by atoms with Gasteiger partial charge in [0.05, 0.1) is 0 Å². The van der Waals surface area contributed by atoms with Crippen molar-refractivity contribution < 1.29 is 19.8 Å². The Bertz CT molecular complexity index is 213. The molecule has 0 heterocycles. The van der Waals surface area contributed by atoms with E-state index in [0.29, 0.717) is 12.8 Å². The van der Waals surface area contributed by atoms with Crippen LogP contribution >= 0.6 is 0 Å². The lowest BCUT2D eigenvalue weighted by atomic mass is 10.0. The number of aliphatic hydroxyl groups is 1. The van der Waals surface area contributed by atoms with Crippen molar-refractivity contribution in [2.75, 3.05) is 6.61 Å². The third-order valence-electron chi connectivity index (χ3n) is 2.39. The van der Waals surface area contributed by atoms with Gasteiger partial charge in [-0.1, -0.05) is 13.8 Å². The maximum atomic E-state index is 11.5. The van der Waals surface area contributed by atoms with E-state index in [0.717, 1.165) is 0 Å². The summed E-state index contributed by atoms with van der Waals surface area (Å²) in [6, 6.07) is -0.983. The summed E-state index contributed by atoms with van der Waals surface area (Å²) in [7, 11) is 0. The maximum absolute atomic E-state index is 11.5. The number of rotatable bonds is 7. The molecular weight excluding hydrogens is 198 g/mol. The van der Waals surface area contributed by atoms with Gasteiger partial charge < -0.3 is 15.5 Å². The van der Waals surface area contributed by atoms with E-state index in [-0.39, 0.29) is 24.9 Å². The molecule has 0 rings (SSSR count). The molecule has 88 valence electrons. The Kier molecular flexibility index (Phi) is 6.70. The first-order chi connectivity index (χ1) is 7.06. The monoisotopic (exact) mass is 217 g/mol. The molecule has 15 heavy (non-hydrogen) atoms. The standard InChI is InChI=1S/C10H19NO4/c1-3-7(4-2)9(13)11-8(5-6-12)10(14)15/h7-8,12H,3-6H2,1-2H3,(H,11,13)(H,14,15)/t8-/m1/s1. The average Bonchev–Trinajstić information content (AvgIpc) is 2.18. The van der Waals surface area contributed by atoms with Crippen molar-refractivity contribution in [3.8, 4) is 0 Å². The topological polar surface area (TPSA) is 86.6 Å². The number of carbonyl (C=O) groups excluding carboxylic acids is 1. The lowest BCUT2D eigenvalue weighted by Gasteiger charge is -2.17. The van der Waals surface area contributed by atoms with Gasteiger partial charge in [-0.2, -0.15) is 0 Å². The summed E-state index contributed by atoms with van der Waals surface area (Å²) in [5.41, 5.74) is 0. The second-order valence-electron chi connectivity index (χ2n) is 3.43. The number of amides is 1. The van der Waals surface area contributed by atoms with E-state index in [4.69, 9.17) is 10.2 Å². The normalized spacial score (nSPS) is 12.5. The first-order valence-electron chi connectivity index (χ1n) is 5.20. The van der Waals surface area contributed by atoms with E-state index >= 15 is 0 Å². The van der Waals surface area contributed by atoms with Gasteiger partial charge in [0.25, 0.3) is 0 Å². The summed E-state index contributed by atoms with van der Waals surface area (Å²) in [6.07, 6.45) is 1.42. The molecular formula is C10H19NO4. The summed E-state index contributed by atoms with van der Waals surface area (Å²) in [5.74, 6) is -1.50. The van der Waals surface area contributed by atoms with Crippen LogP contribution in [-0.2, 0) is 9.59 Å². The summed E-state index contributed by atoms with van der Waals surface area (Å²) >= 11 is 0. The van der Waals surface area contributed by atoms with Gasteiger partial charge in [0, 0.05) is 18.9 Å². The first-order valence-corrected chi connectivity index (χ1v) is 5.20. The van der Waals surface area contributed by atoms with Gasteiger partial charge in [0.15, 0.2) is 0 Å². The summed E-state index contributed by atoms with van der Waals surface area (Å²) in [4.78, 5) is 22.2. The molecule has 1 amide bonds.